The van der Waals surface area contributed by atoms with Gasteiger partial charge in [0.05, 0.1) is 25.8 Å². The van der Waals surface area contributed by atoms with Crippen molar-refractivity contribution in [3.8, 4) is 11.6 Å². The molecule has 0 bridgehead atoms. The Bertz CT molecular complexity index is 956. The number of ether oxygens (including phenoxy) is 2. The molecule has 0 saturated carbocycles. The molecule has 9 heteroatoms. The number of aliphatic hydroxyl groups is 1. The van der Waals surface area contributed by atoms with Gasteiger partial charge in [0.15, 0.2) is 0 Å². The molecule has 2 heterocycles. The van der Waals surface area contributed by atoms with E-state index in [4.69, 9.17) is 9.84 Å². The van der Waals surface area contributed by atoms with Gasteiger partial charge in [-0.2, -0.15) is 0 Å². The third-order valence-corrected chi connectivity index (χ3v) is 3.82. The van der Waals surface area contributed by atoms with Crippen LogP contribution in [0.4, 0.5) is 5.69 Å². The summed E-state index contributed by atoms with van der Waals surface area (Å²) in [6.07, 6.45) is 2.60. The third-order valence-electron chi connectivity index (χ3n) is 3.82. The first-order valence-corrected chi connectivity index (χ1v) is 8.29. The van der Waals surface area contributed by atoms with Gasteiger partial charge in [-0.05, 0) is 18.2 Å². The lowest BCUT2D eigenvalue weighted by molar-refractivity contribution is -0.137. The molecule has 0 atom stereocenters. The van der Waals surface area contributed by atoms with Crippen molar-refractivity contribution in [1.29, 1.82) is 0 Å². The molecule has 1 aromatic carbocycles. The molecule has 0 aliphatic carbocycles. The first-order valence-electron chi connectivity index (χ1n) is 8.29. The molecule has 2 aromatic rings. The quantitative estimate of drug-likeness (QED) is 0.543. The largest absolute Gasteiger partial charge is 0.465 e. The summed E-state index contributed by atoms with van der Waals surface area (Å²) < 4.78 is 10.3. The van der Waals surface area contributed by atoms with Gasteiger partial charge in [0.1, 0.15) is 11.4 Å². The van der Waals surface area contributed by atoms with Crippen LogP contribution in [-0.2, 0) is 14.3 Å². The second kappa shape index (κ2) is 8.31. The van der Waals surface area contributed by atoms with E-state index in [1.807, 2.05) is 0 Å². The predicted octanol–water partition coefficient (Wildman–Crippen LogP) is 1.32. The number of nitrogens with zero attached hydrogens (tertiary/aromatic N) is 2. The van der Waals surface area contributed by atoms with E-state index in [2.05, 4.69) is 15.0 Å². The summed E-state index contributed by atoms with van der Waals surface area (Å²) in [7, 11) is 1.28. The van der Waals surface area contributed by atoms with Crippen LogP contribution in [0.25, 0.3) is 0 Å². The van der Waals surface area contributed by atoms with Crippen LogP contribution in [-0.4, -0.2) is 53.0 Å². The highest BCUT2D eigenvalue weighted by molar-refractivity contribution is 6.17. The maximum absolute atomic E-state index is 12.2. The van der Waals surface area contributed by atoms with Gasteiger partial charge in [0.25, 0.3) is 11.8 Å². The monoisotopic (exact) mass is 383 g/mol. The average Bonchev–Trinajstić information content (AvgIpc) is 2.95. The fourth-order valence-corrected chi connectivity index (χ4v) is 2.53. The molecule has 0 spiro atoms. The Kier molecular flexibility index (Phi) is 5.66. The Morgan fingerprint density at radius 2 is 2.07 bits per heavy atom. The molecule has 28 heavy (non-hydrogen) atoms. The smallest absolute Gasteiger partial charge is 0.338 e. The third kappa shape index (κ3) is 4.15. The summed E-state index contributed by atoms with van der Waals surface area (Å²) in [5.74, 6) is -0.911. The number of carbonyl (C=O) groups excluding carboxylic acids is 3. The summed E-state index contributed by atoms with van der Waals surface area (Å²) in [4.78, 5) is 40.6. The van der Waals surface area contributed by atoms with Crippen molar-refractivity contribution in [2.45, 2.75) is 0 Å². The molecule has 144 valence electrons. The highest BCUT2D eigenvalue weighted by Gasteiger charge is 2.30. The molecule has 9 nitrogen and oxygen atoms in total. The Labute approximate surface area is 160 Å². The molecule has 1 aliphatic heterocycles. The number of nitrogens with one attached hydrogen (secondary N) is 1. The zero-order chi connectivity index (χ0) is 20.1. The number of esters is 1. The van der Waals surface area contributed by atoms with Crippen LogP contribution in [0.3, 0.4) is 0 Å². The zero-order valence-corrected chi connectivity index (χ0v) is 14.9. The molecule has 2 N–H and O–H groups in total. The summed E-state index contributed by atoms with van der Waals surface area (Å²) in [5, 5.41) is 11.8. The lowest BCUT2D eigenvalue weighted by Gasteiger charge is -2.13. The van der Waals surface area contributed by atoms with E-state index in [0.29, 0.717) is 17.0 Å². The minimum atomic E-state index is -0.516. The number of methoxy groups -OCH3 is 1. The molecule has 3 rings (SSSR count). The van der Waals surface area contributed by atoms with Crippen molar-refractivity contribution in [3.05, 3.63) is 59.9 Å². The molecule has 1 aromatic heterocycles. The second-order valence-corrected chi connectivity index (χ2v) is 5.71. The fourth-order valence-electron chi connectivity index (χ4n) is 2.53. The predicted molar refractivity (Wildman–Crippen MR) is 97.6 cm³/mol. The van der Waals surface area contributed by atoms with Crippen LogP contribution in [0.1, 0.15) is 10.4 Å². The van der Waals surface area contributed by atoms with Gasteiger partial charge in [-0.3, -0.25) is 14.5 Å². The number of hydrogen-bond acceptors (Lipinski definition) is 8. The van der Waals surface area contributed by atoms with E-state index in [9.17, 15) is 14.4 Å². The standard InChI is InChI=1S/C19H17N3O6/c1-27-19(26)12-5-6-20-16(9-12)28-14-4-2-3-13(10-14)21-15-11-17(24)22(7-8-23)18(15)25/h2-6,9-11,21,23H,7-8H2,1H3. The number of amides is 2. The van der Waals surface area contributed by atoms with E-state index in [0.717, 1.165) is 4.90 Å². The van der Waals surface area contributed by atoms with E-state index in [1.54, 1.807) is 24.3 Å². The molecular formula is C19H17N3O6. The number of β-amino-alcohol motifs (C(OH)–C–C–N with tert-alkyl or cyclic N) is 1. The number of imide groups is 1. The number of hydrogen-bond donors (Lipinski definition) is 2. The fraction of sp³-hybridized carbons (Fsp3) is 0.158. The van der Waals surface area contributed by atoms with Crippen molar-refractivity contribution in [2.75, 3.05) is 25.6 Å². The van der Waals surface area contributed by atoms with Gasteiger partial charge < -0.3 is 19.9 Å². The van der Waals surface area contributed by atoms with Crippen LogP contribution in [0.5, 0.6) is 11.6 Å². The molecule has 0 saturated heterocycles. The summed E-state index contributed by atoms with van der Waals surface area (Å²) in [6, 6.07) is 9.61. The number of anilines is 1. The van der Waals surface area contributed by atoms with Crippen molar-refractivity contribution < 1.29 is 29.0 Å². The van der Waals surface area contributed by atoms with Gasteiger partial charge in [0.2, 0.25) is 5.88 Å². The van der Waals surface area contributed by atoms with Crippen molar-refractivity contribution >= 4 is 23.5 Å². The highest BCUT2D eigenvalue weighted by atomic mass is 16.5. The van der Waals surface area contributed by atoms with Crippen LogP contribution in [0.2, 0.25) is 0 Å². The Morgan fingerprint density at radius 3 is 2.82 bits per heavy atom. The lowest BCUT2D eigenvalue weighted by atomic mass is 10.2. The molecule has 1 aliphatic rings. The van der Waals surface area contributed by atoms with Crippen LogP contribution < -0.4 is 10.1 Å². The summed E-state index contributed by atoms with van der Waals surface area (Å²) >= 11 is 0. The van der Waals surface area contributed by atoms with Crippen LogP contribution in [0.15, 0.2) is 54.4 Å². The molecule has 0 fully saturated rings. The average molecular weight is 383 g/mol. The second-order valence-electron chi connectivity index (χ2n) is 5.71. The minimum absolute atomic E-state index is 0.0648. The van der Waals surface area contributed by atoms with Crippen molar-refractivity contribution in [1.82, 2.24) is 9.88 Å². The van der Waals surface area contributed by atoms with Gasteiger partial charge in [-0.15, -0.1) is 0 Å². The number of rotatable bonds is 7. The molecular weight excluding hydrogens is 366 g/mol. The number of aliphatic hydroxyl groups excluding tert-OH is 1. The highest BCUT2D eigenvalue weighted by Crippen LogP contribution is 2.25. The topological polar surface area (TPSA) is 118 Å². The summed E-state index contributed by atoms with van der Waals surface area (Å²) in [5.41, 5.74) is 0.909. The van der Waals surface area contributed by atoms with Crippen LogP contribution >= 0.6 is 0 Å². The Hall–Kier alpha value is -3.72. The van der Waals surface area contributed by atoms with Gasteiger partial charge >= 0.3 is 5.97 Å². The molecule has 0 radical (unpaired) electrons. The van der Waals surface area contributed by atoms with Crippen molar-refractivity contribution in [2.24, 2.45) is 0 Å². The number of aromatic nitrogens is 1. The van der Waals surface area contributed by atoms with E-state index < -0.39 is 17.8 Å². The van der Waals surface area contributed by atoms with Crippen molar-refractivity contribution in [3.63, 3.8) is 0 Å². The Morgan fingerprint density at radius 1 is 1.25 bits per heavy atom. The molecule has 2 amide bonds. The SMILES string of the molecule is COC(=O)c1ccnc(Oc2cccc(NC3=CC(=O)N(CCO)C3=O)c2)c1. The van der Waals surface area contributed by atoms with E-state index in [-0.39, 0.29) is 24.7 Å². The zero-order valence-electron chi connectivity index (χ0n) is 14.9. The maximum Gasteiger partial charge on any atom is 0.338 e. The van der Waals surface area contributed by atoms with Gasteiger partial charge in [-0.25, -0.2) is 9.78 Å². The van der Waals surface area contributed by atoms with Gasteiger partial charge in [-0.1, -0.05) is 6.07 Å². The Balaban J connectivity index is 1.73. The lowest BCUT2D eigenvalue weighted by Crippen LogP contribution is -2.34. The first-order chi connectivity index (χ1) is 13.5. The number of carbonyl (C=O) groups is 3. The minimum Gasteiger partial charge on any atom is -0.465 e. The molecule has 0 unspecified atom stereocenters. The number of benzene rings is 1. The maximum atomic E-state index is 12.2. The first kappa shape index (κ1) is 19.1. The number of pyridine rings is 1. The normalized spacial score (nSPS) is 13.4. The van der Waals surface area contributed by atoms with Gasteiger partial charge in [0, 0.05) is 30.1 Å². The van der Waals surface area contributed by atoms with Crippen LogP contribution in [0, 0.1) is 0 Å². The van der Waals surface area contributed by atoms with E-state index in [1.165, 1.54) is 31.5 Å². The van der Waals surface area contributed by atoms with E-state index >= 15 is 0 Å². The summed E-state index contributed by atoms with van der Waals surface area (Å²) in [6.45, 7) is -0.371.